The van der Waals surface area contributed by atoms with E-state index in [0.717, 1.165) is 63.8 Å². The maximum Gasteiger partial charge on any atom is 0.337 e. The first-order chi connectivity index (χ1) is 15.5. The Hall–Kier alpha value is -2.59. The van der Waals surface area contributed by atoms with E-state index in [2.05, 4.69) is 48.7 Å². The van der Waals surface area contributed by atoms with Crippen molar-refractivity contribution >= 4 is 5.97 Å². The Morgan fingerprint density at radius 3 is 2.66 bits per heavy atom. The van der Waals surface area contributed by atoms with Gasteiger partial charge < -0.3 is 9.47 Å². The van der Waals surface area contributed by atoms with Crippen molar-refractivity contribution in [2.75, 3.05) is 27.3 Å². The lowest BCUT2D eigenvalue weighted by Gasteiger charge is -2.36. The van der Waals surface area contributed by atoms with Crippen molar-refractivity contribution < 1.29 is 14.3 Å². The lowest BCUT2D eigenvalue weighted by molar-refractivity contribution is 0.0600. The van der Waals surface area contributed by atoms with Gasteiger partial charge in [-0.15, -0.1) is 0 Å². The van der Waals surface area contributed by atoms with Crippen LogP contribution < -0.4 is 0 Å². The van der Waals surface area contributed by atoms with Crippen LogP contribution in [0.3, 0.4) is 0 Å². The van der Waals surface area contributed by atoms with E-state index in [9.17, 15) is 4.79 Å². The topological polar surface area (TPSA) is 38.8 Å². The van der Waals surface area contributed by atoms with Crippen LogP contribution in [0.25, 0.3) is 0 Å². The Labute approximate surface area is 193 Å². The molecule has 0 saturated heterocycles. The molecule has 0 amide bonds. The standard InChI is InChI=1S/C28H37NO3/c1-21-10-5-6-12-23(21)17-19-29(18-8-7-11-22(2)31-3)27-14-9-13-24-20-25(28(30)32-4)15-16-26(24)27/h5-6,10,12,15-16,20,27H,2,7-9,11,13-14,17-19H2,1,3-4H3. The fraction of sp³-hybridized carbons (Fsp3) is 0.464. The van der Waals surface area contributed by atoms with Gasteiger partial charge in [0.2, 0.25) is 0 Å². The zero-order valence-electron chi connectivity index (χ0n) is 19.9. The molecular formula is C28H37NO3. The minimum atomic E-state index is -0.260. The molecule has 0 radical (unpaired) electrons. The van der Waals surface area contributed by atoms with E-state index >= 15 is 0 Å². The summed E-state index contributed by atoms with van der Waals surface area (Å²) in [5.74, 6) is 0.597. The molecule has 32 heavy (non-hydrogen) atoms. The summed E-state index contributed by atoms with van der Waals surface area (Å²) in [5.41, 5.74) is 6.09. The highest BCUT2D eigenvalue weighted by Crippen LogP contribution is 2.35. The number of methoxy groups -OCH3 is 2. The number of ether oxygens (including phenoxy) is 2. The number of fused-ring (bicyclic) bond motifs is 1. The highest BCUT2D eigenvalue weighted by atomic mass is 16.5. The molecular weight excluding hydrogens is 398 g/mol. The number of carbonyl (C=O) groups excluding carboxylic acids is 1. The molecule has 3 rings (SSSR count). The molecule has 4 heteroatoms. The largest absolute Gasteiger partial charge is 0.502 e. The van der Waals surface area contributed by atoms with Gasteiger partial charge in [-0.05, 0) is 86.4 Å². The second-order valence-electron chi connectivity index (χ2n) is 8.73. The zero-order valence-corrected chi connectivity index (χ0v) is 19.9. The molecule has 0 aromatic heterocycles. The third-order valence-electron chi connectivity index (χ3n) is 6.66. The molecule has 1 atom stereocenters. The van der Waals surface area contributed by atoms with Gasteiger partial charge in [0.1, 0.15) is 0 Å². The van der Waals surface area contributed by atoms with Crippen molar-refractivity contribution in [1.29, 1.82) is 0 Å². The molecule has 172 valence electrons. The summed E-state index contributed by atoms with van der Waals surface area (Å²) >= 11 is 0. The number of rotatable bonds is 11. The van der Waals surface area contributed by atoms with Gasteiger partial charge in [0, 0.05) is 19.0 Å². The van der Waals surface area contributed by atoms with Gasteiger partial charge in [-0.3, -0.25) is 4.90 Å². The van der Waals surface area contributed by atoms with Crippen LogP contribution in [0.1, 0.15) is 70.8 Å². The van der Waals surface area contributed by atoms with Crippen LogP contribution in [0.4, 0.5) is 0 Å². The third kappa shape index (κ3) is 6.23. The lowest BCUT2D eigenvalue weighted by atomic mass is 9.85. The van der Waals surface area contributed by atoms with Crippen LogP contribution in [-0.4, -0.2) is 38.2 Å². The Bertz CT molecular complexity index is 921. The molecule has 0 spiro atoms. The Morgan fingerprint density at radius 2 is 1.91 bits per heavy atom. The van der Waals surface area contributed by atoms with Gasteiger partial charge in [0.05, 0.1) is 25.5 Å². The van der Waals surface area contributed by atoms with Crippen LogP contribution >= 0.6 is 0 Å². The molecule has 2 aromatic carbocycles. The number of esters is 1. The number of unbranched alkanes of at least 4 members (excludes halogenated alkanes) is 1. The van der Waals surface area contributed by atoms with Gasteiger partial charge >= 0.3 is 5.97 Å². The summed E-state index contributed by atoms with van der Waals surface area (Å²) in [6, 6.07) is 15.2. The average molecular weight is 436 g/mol. The van der Waals surface area contributed by atoms with Crippen molar-refractivity contribution in [2.24, 2.45) is 0 Å². The summed E-state index contributed by atoms with van der Waals surface area (Å²) in [6.07, 6.45) is 7.47. The highest BCUT2D eigenvalue weighted by Gasteiger charge is 2.26. The molecule has 4 nitrogen and oxygen atoms in total. The molecule has 2 aromatic rings. The first kappa shape index (κ1) is 24.1. The Morgan fingerprint density at radius 1 is 1.09 bits per heavy atom. The molecule has 0 bridgehead atoms. The van der Waals surface area contributed by atoms with E-state index in [4.69, 9.17) is 9.47 Å². The van der Waals surface area contributed by atoms with E-state index in [1.807, 2.05) is 12.1 Å². The normalized spacial score (nSPS) is 15.3. The number of hydrogen-bond acceptors (Lipinski definition) is 4. The SMILES string of the molecule is C=C(CCCCN(CCc1ccccc1C)C1CCCc2cc(C(=O)OC)ccc21)OC. The van der Waals surface area contributed by atoms with Crippen molar-refractivity contribution in [1.82, 2.24) is 4.90 Å². The summed E-state index contributed by atoms with van der Waals surface area (Å²) in [5, 5.41) is 0. The van der Waals surface area contributed by atoms with Crippen molar-refractivity contribution in [3.05, 3.63) is 82.6 Å². The minimum absolute atomic E-state index is 0.260. The summed E-state index contributed by atoms with van der Waals surface area (Å²) in [6.45, 7) is 8.22. The summed E-state index contributed by atoms with van der Waals surface area (Å²) in [4.78, 5) is 14.7. The van der Waals surface area contributed by atoms with E-state index in [1.54, 1.807) is 7.11 Å². The van der Waals surface area contributed by atoms with Crippen molar-refractivity contribution in [3.63, 3.8) is 0 Å². The van der Waals surface area contributed by atoms with Crippen molar-refractivity contribution in [3.8, 4) is 0 Å². The van der Waals surface area contributed by atoms with Gasteiger partial charge in [-0.2, -0.15) is 0 Å². The molecule has 0 saturated carbocycles. The second kappa shape index (κ2) is 11.9. The van der Waals surface area contributed by atoms with Gasteiger partial charge in [-0.1, -0.05) is 36.9 Å². The quantitative estimate of drug-likeness (QED) is 0.245. The van der Waals surface area contributed by atoms with E-state index in [0.29, 0.717) is 11.6 Å². The van der Waals surface area contributed by atoms with Crippen LogP contribution in [0.5, 0.6) is 0 Å². The van der Waals surface area contributed by atoms with E-state index < -0.39 is 0 Å². The fourth-order valence-electron chi connectivity index (χ4n) is 4.73. The van der Waals surface area contributed by atoms with Crippen LogP contribution in [0, 0.1) is 6.92 Å². The number of nitrogens with zero attached hydrogens (tertiary/aromatic N) is 1. The first-order valence-corrected chi connectivity index (χ1v) is 11.7. The Kier molecular flexibility index (Phi) is 8.92. The number of benzene rings is 2. The number of hydrogen-bond donors (Lipinski definition) is 0. The number of carbonyl (C=O) groups is 1. The van der Waals surface area contributed by atoms with Crippen LogP contribution in [-0.2, 0) is 22.3 Å². The smallest absolute Gasteiger partial charge is 0.337 e. The average Bonchev–Trinajstić information content (AvgIpc) is 2.83. The van der Waals surface area contributed by atoms with Gasteiger partial charge in [-0.25, -0.2) is 4.79 Å². The van der Waals surface area contributed by atoms with Crippen LogP contribution in [0.2, 0.25) is 0 Å². The highest BCUT2D eigenvalue weighted by molar-refractivity contribution is 5.89. The van der Waals surface area contributed by atoms with E-state index in [1.165, 1.54) is 29.4 Å². The maximum atomic E-state index is 12.0. The van der Waals surface area contributed by atoms with Crippen LogP contribution in [0.15, 0.2) is 54.8 Å². The first-order valence-electron chi connectivity index (χ1n) is 11.7. The fourth-order valence-corrected chi connectivity index (χ4v) is 4.73. The molecule has 0 N–H and O–H groups in total. The molecule has 0 aliphatic heterocycles. The van der Waals surface area contributed by atoms with Gasteiger partial charge in [0.15, 0.2) is 0 Å². The van der Waals surface area contributed by atoms with Gasteiger partial charge in [0.25, 0.3) is 0 Å². The zero-order chi connectivity index (χ0) is 22.9. The Balaban J connectivity index is 1.77. The summed E-state index contributed by atoms with van der Waals surface area (Å²) < 4.78 is 10.2. The molecule has 1 aliphatic carbocycles. The van der Waals surface area contributed by atoms with Crippen molar-refractivity contribution in [2.45, 2.75) is 57.9 Å². The minimum Gasteiger partial charge on any atom is -0.502 e. The second-order valence-corrected chi connectivity index (χ2v) is 8.73. The molecule has 0 fully saturated rings. The summed E-state index contributed by atoms with van der Waals surface area (Å²) in [7, 11) is 3.13. The predicted molar refractivity (Wildman–Crippen MR) is 130 cm³/mol. The van der Waals surface area contributed by atoms with E-state index in [-0.39, 0.29) is 5.97 Å². The predicted octanol–water partition coefficient (Wildman–Crippen LogP) is 6.03. The monoisotopic (exact) mass is 435 g/mol. The molecule has 1 unspecified atom stereocenters. The molecule has 1 aliphatic rings. The third-order valence-corrected chi connectivity index (χ3v) is 6.66. The number of aryl methyl sites for hydroxylation is 2. The number of allylic oxidation sites excluding steroid dienone is 1. The maximum absolute atomic E-state index is 12.0. The molecule has 0 heterocycles. The lowest BCUT2D eigenvalue weighted by Crippen LogP contribution is -2.34.